The third-order valence-corrected chi connectivity index (χ3v) is 2.87. The lowest BCUT2D eigenvalue weighted by Gasteiger charge is -2.07. The fourth-order valence-corrected chi connectivity index (χ4v) is 1.99. The molecule has 0 amide bonds. The van der Waals surface area contributed by atoms with Crippen LogP contribution in [0.15, 0.2) is 39.0 Å². The Kier molecular flexibility index (Phi) is 3.43. The molecule has 20 heavy (non-hydrogen) atoms. The Balaban J connectivity index is 2.58. The molecule has 0 radical (unpaired) electrons. The number of benzene rings is 1. The molecule has 104 valence electrons. The van der Waals surface area contributed by atoms with Crippen molar-refractivity contribution in [3.8, 4) is 0 Å². The van der Waals surface area contributed by atoms with Crippen molar-refractivity contribution in [1.82, 2.24) is 4.57 Å². The highest BCUT2D eigenvalue weighted by molar-refractivity contribution is 5.94. The summed E-state index contributed by atoms with van der Waals surface area (Å²) in [6.07, 6.45) is 0. The maximum Gasteiger partial charge on any atom is 0.253 e. The zero-order chi connectivity index (χ0) is 14.9. The topological polar surface area (TPSA) is 125 Å². The van der Waals surface area contributed by atoms with Gasteiger partial charge in [0.15, 0.2) is 5.96 Å². The number of nitrogens with zero attached hydrogens (tertiary/aromatic N) is 3. The summed E-state index contributed by atoms with van der Waals surface area (Å²) in [6.45, 7) is 1.77. The molecule has 7 heteroatoms. The van der Waals surface area contributed by atoms with Crippen LogP contribution in [0.4, 0.5) is 5.69 Å². The van der Waals surface area contributed by atoms with Crippen LogP contribution in [-0.2, 0) is 7.05 Å². The van der Waals surface area contributed by atoms with Gasteiger partial charge < -0.3 is 21.8 Å². The first-order valence-corrected chi connectivity index (χ1v) is 5.92. The number of rotatable bonds is 1. The Hall–Kier alpha value is -2.83. The third kappa shape index (κ3) is 2.61. The number of fused-ring (bicyclic) bond motifs is 1. The summed E-state index contributed by atoms with van der Waals surface area (Å²) in [7, 11) is 1.73. The van der Waals surface area contributed by atoms with E-state index in [1.54, 1.807) is 30.7 Å². The van der Waals surface area contributed by atoms with Crippen LogP contribution >= 0.6 is 0 Å². The van der Waals surface area contributed by atoms with Crippen LogP contribution in [0.1, 0.15) is 5.56 Å². The van der Waals surface area contributed by atoms with E-state index < -0.39 is 0 Å². The van der Waals surface area contributed by atoms with Gasteiger partial charge in [-0.3, -0.25) is 4.79 Å². The maximum atomic E-state index is 11.8. The Bertz CT molecular complexity index is 783. The minimum atomic E-state index is -0.148. The number of aliphatic imine (C=N–C) groups is 2. The second-order valence-corrected chi connectivity index (χ2v) is 4.44. The highest BCUT2D eigenvalue weighted by Gasteiger charge is 2.04. The van der Waals surface area contributed by atoms with Gasteiger partial charge in [-0.05, 0) is 31.2 Å². The average molecular weight is 272 g/mol. The van der Waals surface area contributed by atoms with Gasteiger partial charge in [-0.1, -0.05) is 0 Å². The van der Waals surface area contributed by atoms with E-state index in [0.29, 0.717) is 11.3 Å². The second kappa shape index (κ2) is 5.04. The van der Waals surface area contributed by atoms with E-state index in [0.717, 1.165) is 10.9 Å². The molecule has 2 rings (SSSR count). The highest BCUT2D eigenvalue weighted by atomic mass is 16.1. The minimum Gasteiger partial charge on any atom is -0.370 e. The molecule has 0 saturated carbocycles. The van der Waals surface area contributed by atoms with Gasteiger partial charge in [0.2, 0.25) is 5.96 Å². The van der Waals surface area contributed by atoms with Crippen LogP contribution in [-0.4, -0.2) is 16.5 Å². The molecule has 0 aliphatic rings. The van der Waals surface area contributed by atoms with Crippen molar-refractivity contribution in [2.45, 2.75) is 6.92 Å². The summed E-state index contributed by atoms with van der Waals surface area (Å²) in [5.41, 5.74) is 18.1. The van der Waals surface area contributed by atoms with E-state index in [4.69, 9.17) is 17.2 Å². The van der Waals surface area contributed by atoms with Gasteiger partial charge in [0.25, 0.3) is 5.56 Å². The van der Waals surface area contributed by atoms with Crippen molar-refractivity contribution >= 4 is 28.5 Å². The van der Waals surface area contributed by atoms with Crippen molar-refractivity contribution in [3.63, 3.8) is 0 Å². The predicted octanol–water partition coefficient (Wildman–Crippen LogP) is 0.0665. The van der Waals surface area contributed by atoms with Crippen LogP contribution in [0.5, 0.6) is 0 Å². The number of hydrogen-bond acceptors (Lipinski definition) is 2. The van der Waals surface area contributed by atoms with Crippen LogP contribution in [0.2, 0.25) is 0 Å². The maximum absolute atomic E-state index is 11.8. The van der Waals surface area contributed by atoms with Gasteiger partial charge in [-0.25, -0.2) is 4.99 Å². The molecule has 1 aromatic heterocycles. The molecule has 0 spiro atoms. The first kappa shape index (κ1) is 13.6. The van der Waals surface area contributed by atoms with Gasteiger partial charge in [0.05, 0.1) is 11.2 Å². The molecule has 0 fully saturated rings. The van der Waals surface area contributed by atoms with Crippen LogP contribution in [0.25, 0.3) is 10.9 Å². The Morgan fingerprint density at radius 2 is 1.90 bits per heavy atom. The molecule has 0 aliphatic carbocycles. The van der Waals surface area contributed by atoms with Crippen molar-refractivity contribution in [1.29, 1.82) is 0 Å². The van der Waals surface area contributed by atoms with Crippen LogP contribution < -0.4 is 22.8 Å². The summed E-state index contributed by atoms with van der Waals surface area (Å²) in [5, 5.41) is 0.892. The highest BCUT2D eigenvalue weighted by Crippen LogP contribution is 2.20. The fourth-order valence-electron chi connectivity index (χ4n) is 1.99. The molecule has 2 aromatic rings. The van der Waals surface area contributed by atoms with Gasteiger partial charge in [0.1, 0.15) is 0 Å². The number of aromatic nitrogens is 1. The standard InChI is InChI=1S/C13H16N6O/c1-7-5-8-6-9(17-13(16)18-12(14)15)3-4-10(8)19(2)11(7)20/h3-6H,1-2H3,(H6,14,15,16,17,18). The zero-order valence-corrected chi connectivity index (χ0v) is 11.3. The van der Waals surface area contributed by atoms with Gasteiger partial charge >= 0.3 is 0 Å². The molecule has 0 bridgehead atoms. The second-order valence-electron chi connectivity index (χ2n) is 4.44. The van der Waals surface area contributed by atoms with E-state index in [9.17, 15) is 4.79 Å². The first-order chi connectivity index (χ1) is 9.38. The average Bonchev–Trinajstić information content (AvgIpc) is 2.35. The first-order valence-electron chi connectivity index (χ1n) is 5.92. The zero-order valence-electron chi connectivity index (χ0n) is 11.3. The van der Waals surface area contributed by atoms with E-state index >= 15 is 0 Å². The molecule has 7 nitrogen and oxygen atoms in total. The monoisotopic (exact) mass is 272 g/mol. The SMILES string of the molecule is Cc1cc2cc(N=C(N)N=C(N)N)ccc2n(C)c1=O. The quantitative estimate of drug-likeness (QED) is 0.501. The van der Waals surface area contributed by atoms with E-state index in [1.807, 2.05) is 12.1 Å². The molecule has 0 saturated heterocycles. The summed E-state index contributed by atoms with van der Waals surface area (Å²) < 4.78 is 1.59. The normalized spacial score (nSPS) is 11.6. The molecule has 6 N–H and O–H groups in total. The van der Waals surface area contributed by atoms with Gasteiger partial charge in [-0.2, -0.15) is 4.99 Å². The van der Waals surface area contributed by atoms with Crippen LogP contribution in [0, 0.1) is 6.92 Å². The summed E-state index contributed by atoms with van der Waals surface area (Å²) in [6, 6.07) is 7.17. The van der Waals surface area contributed by atoms with Crippen LogP contribution in [0.3, 0.4) is 0 Å². The van der Waals surface area contributed by atoms with Gasteiger partial charge in [-0.15, -0.1) is 0 Å². The van der Waals surface area contributed by atoms with E-state index in [1.165, 1.54) is 0 Å². The molecule has 1 heterocycles. The number of aryl methyl sites for hydroxylation is 2. The minimum absolute atomic E-state index is 0.0197. The lowest BCUT2D eigenvalue weighted by molar-refractivity contribution is 0.893. The molecule has 0 aliphatic heterocycles. The molecule has 0 atom stereocenters. The number of hydrogen-bond donors (Lipinski definition) is 3. The van der Waals surface area contributed by atoms with E-state index in [-0.39, 0.29) is 17.5 Å². The van der Waals surface area contributed by atoms with Gasteiger partial charge in [0, 0.05) is 18.0 Å². The predicted molar refractivity (Wildman–Crippen MR) is 81.0 cm³/mol. The number of pyridine rings is 1. The van der Waals surface area contributed by atoms with Crippen molar-refractivity contribution in [2.24, 2.45) is 34.2 Å². The summed E-state index contributed by atoms with van der Waals surface area (Å²) >= 11 is 0. The van der Waals surface area contributed by atoms with E-state index in [2.05, 4.69) is 9.98 Å². The summed E-state index contributed by atoms with van der Waals surface area (Å²) in [4.78, 5) is 19.6. The molecule has 0 unspecified atom stereocenters. The lowest BCUT2D eigenvalue weighted by Crippen LogP contribution is -2.26. The van der Waals surface area contributed by atoms with Crippen molar-refractivity contribution in [2.75, 3.05) is 0 Å². The molecule has 1 aromatic carbocycles. The van der Waals surface area contributed by atoms with Crippen molar-refractivity contribution in [3.05, 3.63) is 40.2 Å². The Labute approximate surface area is 115 Å². The molecular formula is C13H16N6O. The Morgan fingerprint density at radius 3 is 2.55 bits per heavy atom. The largest absolute Gasteiger partial charge is 0.370 e. The summed E-state index contributed by atoms with van der Waals surface area (Å²) in [5.74, 6) is -0.170. The smallest absolute Gasteiger partial charge is 0.253 e. The Morgan fingerprint density at radius 1 is 1.20 bits per heavy atom. The third-order valence-electron chi connectivity index (χ3n) is 2.87. The lowest BCUT2D eigenvalue weighted by atomic mass is 10.1. The van der Waals surface area contributed by atoms with Crippen molar-refractivity contribution < 1.29 is 0 Å². The molecular weight excluding hydrogens is 256 g/mol. The number of nitrogens with two attached hydrogens (primary N) is 3. The number of guanidine groups is 2. The fraction of sp³-hybridized carbons (Fsp3) is 0.154.